The molecule has 2 aliphatic heterocycles. The zero-order chi connectivity index (χ0) is 26.0. The molecule has 0 radical (unpaired) electrons. The molecule has 0 aromatic heterocycles. The van der Waals surface area contributed by atoms with Crippen LogP contribution >= 0.6 is 11.8 Å². The van der Waals surface area contributed by atoms with Gasteiger partial charge < -0.3 is 14.4 Å². The molecule has 7 nitrogen and oxygen atoms in total. The number of halogens is 1. The number of carbonyl (C=O) groups is 2. The Morgan fingerprint density at radius 1 is 1.25 bits per heavy atom. The molecule has 9 heteroatoms. The molecular weight excluding hydrogens is 481 g/mol. The average molecular weight is 510 g/mol. The highest BCUT2D eigenvalue weighted by atomic mass is 32.2. The molecule has 0 bridgehead atoms. The Morgan fingerprint density at radius 3 is 2.44 bits per heavy atom. The summed E-state index contributed by atoms with van der Waals surface area (Å²) in [5.41, 5.74) is 0.121. The van der Waals surface area contributed by atoms with Crippen LogP contribution in [-0.2, 0) is 16.1 Å². The highest BCUT2D eigenvalue weighted by Crippen LogP contribution is 2.40. The number of nitrogens with zero attached hydrogens (tertiary/aromatic N) is 3. The van der Waals surface area contributed by atoms with E-state index in [2.05, 4.69) is 10.9 Å². The van der Waals surface area contributed by atoms with Gasteiger partial charge in [-0.3, -0.25) is 19.5 Å². The Balaban J connectivity index is 1.73. The standard InChI is InChI=1S/C27H28FN3O4S/c1-6-24-29-27(3,17(2)36-24)26(33)31(20-13-21(34-4)15-22(14-20)35-5)23-11-12-30(25(23)32)16-18-7-9-19(28)10-8-18/h1,7-10,13-15,17,23H,11-12,16H2,2-5H3. The highest BCUT2D eigenvalue weighted by molar-refractivity contribution is 8.15. The van der Waals surface area contributed by atoms with Gasteiger partial charge >= 0.3 is 0 Å². The number of terminal acetylenes is 1. The first kappa shape index (κ1) is 25.6. The largest absolute Gasteiger partial charge is 0.497 e. The summed E-state index contributed by atoms with van der Waals surface area (Å²) in [7, 11) is 3.05. The summed E-state index contributed by atoms with van der Waals surface area (Å²) in [4.78, 5) is 35.6. The van der Waals surface area contributed by atoms with Crippen LogP contribution in [0.5, 0.6) is 11.5 Å². The van der Waals surface area contributed by atoms with Crippen molar-refractivity contribution in [2.75, 3.05) is 25.7 Å². The van der Waals surface area contributed by atoms with Crippen LogP contribution in [0.15, 0.2) is 47.5 Å². The highest BCUT2D eigenvalue weighted by Gasteiger charge is 2.50. The summed E-state index contributed by atoms with van der Waals surface area (Å²) in [6, 6.07) is 10.4. The molecule has 3 atom stereocenters. The molecule has 0 aliphatic carbocycles. The first-order valence-electron chi connectivity index (χ1n) is 11.5. The van der Waals surface area contributed by atoms with E-state index in [0.29, 0.717) is 41.7 Å². The Kier molecular flexibility index (Phi) is 7.27. The van der Waals surface area contributed by atoms with Gasteiger partial charge in [0.1, 0.15) is 28.4 Å². The average Bonchev–Trinajstić information content (AvgIpc) is 3.39. The molecule has 2 heterocycles. The second kappa shape index (κ2) is 10.2. The van der Waals surface area contributed by atoms with Gasteiger partial charge in [0, 0.05) is 36.5 Å². The van der Waals surface area contributed by atoms with Gasteiger partial charge in [-0.25, -0.2) is 4.39 Å². The number of ether oxygens (including phenoxy) is 2. The molecule has 1 saturated heterocycles. The van der Waals surface area contributed by atoms with E-state index >= 15 is 0 Å². The maximum atomic E-state index is 14.2. The summed E-state index contributed by atoms with van der Waals surface area (Å²) in [6.45, 7) is 4.42. The lowest BCUT2D eigenvalue weighted by atomic mass is 9.95. The van der Waals surface area contributed by atoms with Crippen molar-refractivity contribution < 1.29 is 23.5 Å². The molecule has 2 aromatic rings. The van der Waals surface area contributed by atoms with Crippen LogP contribution in [0.3, 0.4) is 0 Å². The van der Waals surface area contributed by atoms with Gasteiger partial charge in [-0.1, -0.05) is 23.9 Å². The minimum absolute atomic E-state index is 0.197. The number of thioether (sulfide) groups is 1. The van der Waals surface area contributed by atoms with Crippen molar-refractivity contribution in [1.82, 2.24) is 4.90 Å². The van der Waals surface area contributed by atoms with Crippen molar-refractivity contribution in [2.45, 2.75) is 43.6 Å². The first-order valence-corrected chi connectivity index (χ1v) is 12.4. The molecule has 36 heavy (non-hydrogen) atoms. The molecule has 0 N–H and O–H groups in total. The van der Waals surface area contributed by atoms with Crippen molar-refractivity contribution in [1.29, 1.82) is 0 Å². The number of likely N-dealkylation sites (tertiary alicyclic amines) is 1. The van der Waals surface area contributed by atoms with E-state index in [-0.39, 0.29) is 22.9 Å². The number of methoxy groups -OCH3 is 2. The summed E-state index contributed by atoms with van der Waals surface area (Å²) < 4.78 is 24.2. The van der Waals surface area contributed by atoms with Gasteiger partial charge in [0.2, 0.25) is 5.91 Å². The fraction of sp³-hybridized carbons (Fsp3) is 0.370. The molecular formula is C27H28FN3O4S. The maximum absolute atomic E-state index is 14.2. The third-order valence-corrected chi connectivity index (χ3v) is 7.92. The lowest BCUT2D eigenvalue weighted by molar-refractivity contribution is -0.132. The normalized spacial score (nSPS) is 23.3. The Bertz CT molecular complexity index is 1220. The van der Waals surface area contributed by atoms with Crippen molar-refractivity contribution in [2.24, 2.45) is 4.99 Å². The van der Waals surface area contributed by atoms with E-state index in [1.54, 1.807) is 42.2 Å². The van der Waals surface area contributed by atoms with Crippen LogP contribution in [0.2, 0.25) is 0 Å². The second-order valence-corrected chi connectivity index (χ2v) is 10.2. The molecule has 2 aromatic carbocycles. The minimum Gasteiger partial charge on any atom is -0.497 e. The van der Waals surface area contributed by atoms with Crippen LogP contribution in [0.25, 0.3) is 0 Å². The number of anilines is 1. The lowest BCUT2D eigenvalue weighted by Crippen LogP contribution is -2.55. The predicted octanol–water partition coefficient (Wildman–Crippen LogP) is 3.90. The van der Waals surface area contributed by atoms with E-state index in [1.807, 2.05) is 6.92 Å². The van der Waals surface area contributed by atoms with E-state index in [1.165, 1.54) is 43.0 Å². The van der Waals surface area contributed by atoms with Gasteiger partial charge in [-0.15, -0.1) is 6.42 Å². The third kappa shape index (κ3) is 4.78. The zero-order valence-electron chi connectivity index (χ0n) is 20.7. The van der Waals surface area contributed by atoms with Gasteiger partial charge in [0.05, 0.1) is 19.9 Å². The smallest absolute Gasteiger partial charge is 0.256 e. The van der Waals surface area contributed by atoms with Crippen LogP contribution in [0.4, 0.5) is 10.1 Å². The predicted molar refractivity (Wildman–Crippen MR) is 139 cm³/mol. The van der Waals surface area contributed by atoms with Gasteiger partial charge in [-0.05, 0) is 43.9 Å². The van der Waals surface area contributed by atoms with Crippen LogP contribution in [0, 0.1) is 18.2 Å². The summed E-state index contributed by atoms with van der Waals surface area (Å²) in [6.07, 6.45) is 6.01. The topological polar surface area (TPSA) is 71.4 Å². The summed E-state index contributed by atoms with van der Waals surface area (Å²) >= 11 is 1.37. The number of benzene rings is 2. The monoisotopic (exact) mass is 509 g/mol. The van der Waals surface area contributed by atoms with Crippen molar-refractivity contribution in [3.63, 3.8) is 0 Å². The van der Waals surface area contributed by atoms with E-state index in [9.17, 15) is 14.0 Å². The minimum atomic E-state index is -1.16. The molecule has 0 spiro atoms. The number of hydrogen-bond donors (Lipinski definition) is 0. The second-order valence-electron chi connectivity index (χ2n) is 8.91. The van der Waals surface area contributed by atoms with Crippen molar-refractivity contribution >= 4 is 34.3 Å². The Hall–Kier alpha value is -3.51. The molecule has 2 aliphatic rings. The van der Waals surface area contributed by atoms with Crippen molar-refractivity contribution in [3.05, 3.63) is 53.8 Å². The van der Waals surface area contributed by atoms with E-state index < -0.39 is 11.6 Å². The summed E-state index contributed by atoms with van der Waals surface area (Å²) in [5.74, 6) is 2.65. The number of aliphatic imine (C=N–C) groups is 1. The number of rotatable bonds is 7. The van der Waals surface area contributed by atoms with Crippen LogP contribution in [-0.4, -0.2) is 59.4 Å². The number of carbonyl (C=O) groups excluding carboxylic acids is 2. The molecule has 188 valence electrons. The summed E-state index contributed by atoms with van der Waals surface area (Å²) in [5, 5.41) is 0.232. The lowest BCUT2D eigenvalue weighted by Gasteiger charge is -2.35. The third-order valence-electron chi connectivity index (χ3n) is 6.67. The van der Waals surface area contributed by atoms with Crippen LogP contribution < -0.4 is 14.4 Å². The Morgan fingerprint density at radius 2 is 1.89 bits per heavy atom. The van der Waals surface area contributed by atoms with Crippen LogP contribution in [0.1, 0.15) is 25.8 Å². The van der Waals surface area contributed by atoms with E-state index in [4.69, 9.17) is 15.9 Å². The quantitative estimate of drug-likeness (QED) is 0.530. The zero-order valence-corrected chi connectivity index (χ0v) is 21.5. The molecule has 4 rings (SSSR count). The van der Waals surface area contributed by atoms with Crippen molar-refractivity contribution in [3.8, 4) is 23.8 Å². The fourth-order valence-electron chi connectivity index (χ4n) is 4.44. The molecule has 2 amide bonds. The number of amides is 2. The van der Waals surface area contributed by atoms with Gasteiger partial charge in [0.25, 0.3) is 5.91 Å². The number of hydrogen-bond acceptors (Lipinski definition) is 6. The van der Waals surface area contributed by atoms with E-state index in [0.717, 1.165) is 5.56 Å². The maximum Gasteiger partial charge on any atom is 0.256 e. The fourth-order valence-corrected chi connectivity index (χ4v) is 5.47. The Labute approximate surface area is 214 Å². The molecule has 1 fully saturated rings. The molecule has 0 saturated carbocycles. The first-order chi connectivity index (χ1) is 17.2. The van der Waals surface area contributed by atoms with Gasteiger partial charge in [-0.2, -0.15) is 0 Å². The SMILES string of the molecule is C#CC1=NC(C)(C(=O)N(c2cc(OC)cc(OC)c2)C2CCN(Cc3ccc(F)cc3)C2=O)C(C)S1. The molecule has 3 unspecified atom stereocenters. The van der Waals surface area contributed by atoms with Gasteiger partial charge in [0.15, 0.2) is 5.54 Å².